The van der Waals surface area contributed by atoms with Crippen LogP contribution in [0.25, 0.3) is 0 Å². The van der Waals surface area contributed by atoms with Crippen molar-refractivity contribution in [2.45, 2.75) is 71.3 Å². The Morgan fingerprint density at radius 3 is 2.14 bits per heavy atom. The van der Waals surface area contributed by atoms with Gasteiger partial charge in [0.1, 0.15) is 0 Å². The molecule has 0 aliphatic carbocycles. The van der Waals surface area contributed by atoms with Gasteiger partial charge < -0.3 is 10.2 Å². The largest absolute Gasteiger partial charge is 0.359 e. The maximum Gasteiger partial charge on any atom is 0.225 e. The summed E-state index contributed by atoms with van der Waals surface area (Å²) in [5.74, 6) is 2.71. The van der Waals surface area contributed by atoms with E-state index in [0.717, 1.165) is 32.1 Å². The van der Waals surface area contributed by atoms with Crippen molar-refractivity contribution in [3.8, 4) is 0 Å². The molecule has 0 bridgehead atoms. The minimum absolute atomic E-state index is 0.0400. The van der Waals surface area contributed by atoms with Gasteiger partial charge in [0.15, 0.2) is 0 Å². The van der Waals surface area contributed by atoms with E-state index in [-0.39, 0.29) is 22.8 Å². The van der Waals surface area contributed by atoms with E-state index in [1.165, 1.54) is 0 Å². The summed E-state index contributed by atoms with van der Waals surface area (Å²) in [4.78, 5) is 24.6. The standard InChI is InChI=1S/C20H38N2O4S2/c1-19(2,15-17(23)21-4)9-6-11-27(25)13-8-14-28(26)12-7-10-20(3)16-18(24)22(20)5/h6-16H2,1-5H3,(H,21,23). The van der Waals surface area contributed by atoms with Gasteiger partial charge in [-0.05, 0) is 44.4 Å². The molecule has 1 aliphatic rings. The van der Waals surface area contributed by atoms with Crippen LogP contribution in [0.15, 0.2) is 0 Å². The fraction of sp³-hybridized carbons (Fsp3) is 0.900. The van der Waals surface area contributed by atoms with Crippen LogP contribution in [-0.4, -0.2) is 67.8 Å². The lowest BCUT2D eigenvalue weighted by Crippen LogP contribution is -2.59. The quantitative estimate of drug-likeness (QED) is 0.425. The van der Waals surface area contributed by atoms with E-state index < -0.39 is 21.6 Å². The minimum Gasteiger partial charge on any atom is -0.359 e. The van der Waals surface area contributed by atoms with Crippen molar-refractivity contribution >= 4 is 33.4 Å². The fourth-order valence-electron chi connectivity index (χ4n) is 3.55. The van der Waals surface area contributed by atoms with Gasteiger partial charge in [0.05, 0.1) is 0 Å². The van der Waals surface area contributed by atoms with Gasteiger partial charge in [-0.2, -0.15) is 0 Å². The monoisotopic (exact) mass is 434 g/mol. The number of hydrogen-bond donors (Lipinski definition) is 1. The Labute approximate surface area is 175 Å². The molecule has 0 aromatic carbocycles. The summed E-state index contributed by atoms with van der Waals surface area (Å²) in [6, 6.07) is 0. The van der Waals surface area contributed by atoms with Gasteiger partial charge in [0.2, 0.25) is 11.8 Å². The highest BCUT2D eigenvalue weighted by Gasteiger charge is 2.43. The van der Waals surface area contributed by atoms with Crippen molar-refractivity contribution in [3.63, 3.8) is 0 Å². The van der Waals surface area contributed by atoms with Gasteiger partial charge >= 0.3 is 0 Å². The van der Waals surface area contributed by atoms with E-state index in [1.807, 2.05) is 7.05 Å². The molecule has 1 saturated heterocycles. The van der Waals surface area contributed by atoms with E-state index >= 15 is 0 Å². The molecule has 6 nitrogen and oxygen atoms in total. The van der Waals surface area contributed by atoms with Crippen molar-refractivity contribution in [2.75, 3.05) is 37.1 Å². The van der Waals surface area contributed by atoms with E-state index in [2.05, 4.69) is 26.1 Å². The first kappa shape index (κ1) is 25.3. The molecule has 1 rings (SSSR count). The highest BCUT2D eigenvalue weighted by Crippen LogP contribution is 2.34. The second kappa shape index (κ2) is 11.4. The van der Waals surface area contributed by atoms with Crippen molar-refractivity contribution < 1.29 is 18.0 Å². The molecule has 1 heterocycles. The number of nitrogens with zero attached hydrogens (tertiary/aromatic N) is 1. The molecule has 2 amide bonds. The number of amides is 2. The molecule has 164 valence electrons. The third-order valence-electron chi connectivity index (χ3n) is 5.69. The third kappa shape index (κ3) is 8.72. The molecule has 0 aromatic rings. The van der Waals surface area contributed by atoms with Gasteiger partial charge in [-0.3, -0.25) is 18.0 Å². The molecule has 28 heavy (non-hydrogen) atoms. The average molecular weight is 435 g/mol. The normalized spacial score (nSPS) is 21.9. The van der Waals surface area contributed by atoms with Gasteiger partial charge in [0.25, 0.3) is 0 Å². The molecule has 3 unspecified atom stereocenters. The second-order valence-electron chi connectivity index (χ2n) is 8.90. The zero-order valence-electron chi connectivity index (χ0n) is 18.2. The second-order valence-corrected chi connectivity index (χ2v) is 12.3. The maximum absolute atomic E-state index is 12.1. The molecule has 0 radical (unpaired) electrons. The topological polar surface area (TPSA) is 83.5 Å². The van der Waals surface area contributed by atoms with Crippen LogP contribution < -0.4 is 5.32 Å². The van der Waals surface area contributed by atoms with E-state index in [4.69, 9.17) is 0 Å². The lowest BCUT2D eigenvalue weighted by molar-refractivity contribution is -0.152. The lowest BCUT2D eigenvalue weighted by Gasteiger charge is -2.48. The van der Waals surface area contributed by atoms with Crippen LogP contribution in [0.5, 0.6) is 0 Å². The van der Waals surface area contributed by atoms with Crippen LogP contribution in [0.1, 0.15) is 65.7 Å². The summed E-state index contributed by atoms with van der Waals surface area (Å²) < 4.78 is 24.3. The van der Waals surface area contributed by atoms with Gasteiger partial charge in [-0.1, -0.05) is 13.8 Å². The number of carbonyl (C=O) groups is 2. The predicted molar refractivity (Wildman–Crippen MR) is 117 cm³/mol. The Balaban J connectivity index is 2.10. The van der Waals surface area contributed by atoms with Crippen molar-refractivity contribution in [3.05, 3.63) is 0 Å². The van der Waals surface area contributed by atoms with Crippen LogP contribution in [0.2, 0.25) is 0 Å². The number of nitrogens with one attached hydrogen (secondary N) is 1. The summed E-state index contributed by atoms with van der Waals surface area (Å²) in [5.41, 5.74) is -0.143. The number of β-lactam (4-membered cyclic amide) rings is 1. The van der Waals surface area contributed by atoms with Gasteiger partial charge in [-0.25, -0.2) is 0 Å². The maximum atomic E-state index is 12.1. The molecule has 1 aliphatic heterocycles. The number of rotatable bonds is 14. The molecule has 0 saturated carbocycles. The van der Waals surface area contributed by atoms with E-state index in [0.29, 0.717) is 35.9 Å². The van der Waals surface area contributed by atoms with Crippen LogP contribution in [0, 0.1) is 5.41 Å². The summed E-state index contributed by atoms with van der Waals surface area (Å²) >= 11 is 0. The first-order chi connectivity index (χ1) is 13.0. The smallest absolute Gasteiger partial charge is 0.225 e. The van der Waals surface area contributed by atoms with Crippen LogP contribution in [0.3, 0.4) is 0 Å². The van der Waals surface area contributed by atoms with Crippen LogP contribution >= 0.6 is 0 Å². The molecule has 1 N–H and O–H groups in total. The molecular formula is C20H38N2O4S2. The lowest BCUT2D eigenvalue weighted by atomic mass is 9.83. The number of carbonyl (C=O) groups excluding carboxylic acids is 2. The van der Waals surface area contributed by atoms with Crippen molar-refractivity contribution in [1.82, 2.24) is 10.2 Å². The Morgan fingerprint density at radius 1 is 1.11 bits per heavy atom. The van der Waals surface area contributed by atoms with Crippen molar-refractivity contribution in [2.24, 2.45) is 5.41 Å². The number of hydrogen-bond acceptors (Lipinski definition) is 4. The zero-order valence-corrected chi connectivity index (χ0v) is 19.8. The summed E-state index contributed by atoms with van der Waals surface area (Å²) in [6.07, 6.45) is 5.24. The molecule has 8 heteroatoms. The Kier molecular flexibility index (Phi) is 10.3. The summed E-state index contributed by atoms with van der Waals surface area (Å²) in [7, 11) is 1.71. The number of likely N-dealkylation sites (tertiary alicyclic amines) is 1. The minimum atomic E-state index is -0.886. The molecule has 0 spiro atoms. The first-order valence-electron chi connectivity index (χ1n) is 10.2. The average Bonchev–Trinajstić information content (AvgIpc) is 2.60. The first-order valence-corrected chi connectivity index (χ1v) is 13.1. The van der Waals surface area contributed by atoms with Crippen LogP contribution in [-0.2, 0) is 31.2 Å². The Morgan fingerprint density at radius 2 is 1.64 bits per heavy atom. The summed E-state index contributed by atoms with van der Waals surface area (Å²) in [6.45, 7) is 6.20. The highest BCUT2D eigenvalue weighted by atomic mass is 32.2. The predicted octanol–water partition coefficient (Wildman–Crippen LogP) is 2.22. The van der Waals surface area contributed by atoms with E-state index in [1.54, 1.807) is 11.9 Å². The molecule has 0 aromatic heterocycles. The summed E-state index contributed by atoms with van der Waals surface area (Å²) in [5, 5.41) is 2.65. The fourth-order valence-corrected chi connectivity index (χ4v) is 6.01. The SMILES string of the molecule is CNC(=O)CC(C)(C)CCCS(=O)CCCS(=O)CCCC1(C)CC(=O)N1C. The van der Waals surface area contributed by atoms with Crippen molar-refractivity contribution in [1.29, 1.82) is 0 Å². The Hall–Kier alpha value is -0.760. The Bertz CT molecular complexity index is 595. The zero-order chi connectivity index (χ0) is 21.4. The molecular weight excluding hydrogens is 396 g/mol. The van der Waals surface area contributed by atoms with Gasteiger partial charge in [-0.15, -0.1) is 0 Å². The van der Waals surface area contributed by atoms with E-state index in [9.17, 15) is 18.0 Å². The third-order valence-corrected chi connectivity index (χ3v) is 8.67. The highest BCUT2D eigenvalue weighted by molar-refractivity contribution is 7.85. The van der Waals surface area contributed by atoms with Crippen LogP contribution in [0.4, 0.5) is 0 Å². The molecule has 1 fully saturated rings. The van der Waals surface area contributed by atoms with Gasteiger partial charge in [0, 0.05) is 77.1 Å². The molecule has 3 atom stereocenters.